The highest BCUT2D eigenvalue weighted by atomic mass is 79.9. The summed E-state index contributed by atoms with van der Waals surface area (Å²) in [6, 6.07) is 20.8. The molecule has 10 heteroatoms. The summed E-state index contributed by atoms with van der Waals surface area (Å²) in [5.41, 5.74) is 1.90. The van der Waals surface area contributed by atoms with E-state index in [1.807, 2.05) is 30.3 Å². The van der Waals surface area contributed by atoms with Crippen molar-refractivity contribution in [2.45, 2.75) is 11.3 Å². The number of halogens is 1. The molecule has 3 aromatic rings. The van der Waals surface area contributed by atoms with E-state index in [1.165, 1.54) is 19.2 Å². The van der Waals surface area contributed by atoms with Crippen molar-refractivity contribution in [1.29, 1.82) is 0 Å². The van der Waals surface area contributed by atoms with E-state index in [2.05, 4.69) is 31.3 Å². The molecule has 33 heavy (non-hydrogen) atoms. The third kappa shape index (κ3) is 7.10. The van der Waals surface area contributed by atoms with Gasteiger partial charge in [-0.1, -0.05) is 46.3 Å². The zero-order valence-corrected chi connectivity index (χ0v) is 20.9. The molecule has 0 radical (unpaired) electrons. The Hall–Kier alpha value is -2.79. The molecule has 0 fully saturated rings. The van der Waals surface area contributed by atoms with Gasteiger partial charge in [-0.25, -0.2) is 13.1 Å². The minimum atomic E-state index is -3.64. The Kier molecular flexibility index (Phi) is 8.56. The number of amides is 1. The van der Waals surface area contributed by atoms with Gasteiger partial charge in [-0.15, -0.1) is 0 Å². The first-order chi connectivity index (χ1) is 15.8. The number of carbonyl (C=O) groups excluding carboxylic acids is 1. The van der Waals surface area contributed by atoms with Gasteiger partial charge in [-0.3, -0.25) is 10.1 Å². The predicted octanol–water partition coefficient (Wildman–Crippen LogP) is 4.11. The van der Waals surface area contributed by atoms with Gasteiger partial charge < -0.3 is 10.1 Å². The lowest BCUT2D eigenvalue weighted by molar-refractivity contribution is 0.0974. The van der Waals surface area contributed by atoms with Gasteiger partial charge in [0.05, 0.1) is 17.6 Å². The monoisotopic (exact) mass is 547 g/mol. The fourth-order valence-electron chi connectivity index (χ4n) is 2.97. The number of thiocarbonyl (C=S) groups is 1. The summed E-state index contributed by atoms with van der Waals surface area (Å²) < 4.78 is 33.6. The van der Waals surface area contributed by atoms with Crippen molar-refractivity contribution in [3.05, 3.63) is 88.4 Å². The molecule has 0 aliphatic carbocycles. The fraction of sp³-hybridized carbons (Fsp3) is 0.130. The molecule has 0 saturated carbocycles. The number of hydrogen-bond donors (Lipinski definition) is 3. The average Bonchev–Trinajstić information content (AvgIpc) is 2.80. The summed E-state index contributed by atoms with van der Waals surface area (Å²) in [5, 5.41) is 5.52. The minimum Gasteiger partial charge on any atom is -0.496 e. The van der Waals surface area contributed by atoms with Crippen LogP contribution in [0.5, 0.6) is 5.75 Å². The normalized spacial score (nSPS) is 11.0. The van der Waals surface area contributed by atoms with E-state index in [4.69, 9.17) is 17.0 Å². The first kappa shape index (κ1) is 24.8. The van der Waals surface area contributed by atoms with Crippen molar-refractivity contribution in [3.63, 3.8) is 0 Å². The largest absolute Gasteiger partial charge is 0.496 e. The lowest BCUT2D eigenvalue weighted by atomic mass is 10.2. The standard InChI is InChI=1S/C23H22BrN3O4S2/c1-31-21-12-7-17(24)15-20(21)22(28)27-23(32)26-18-8-10-19(11-9-18)33(29,30)25-14-13-16-5-3-2-4-6-16/h2-12,15,25H,13-14H2,1H3,(H2,26,27,28,32). The molecule has 0 aromatic heterocycles. The van der Waals surface area contributed by atoms with E-state index in [0.29, 0.717) is 30.0 Å². The molecule has 0 aliphatic heterocycles. The molecule has 0 spiro atoms. The molecule has 3 rings (SSSR count). The molecule has 0 saturated heterocycles. The van der Waals surface area contributed by atoms with Crippen LogP contribution < -0.4 is 20.1 Å². The van der Waals surface area contributed by atoms with Crippen LogP contribution in [0.2, 0.25) is 0 Å². The smallest absolute Gasteiger partial charge is 0.261 e. The Bertz CT molecular complexity index is 1230. The van der Waals surface area contributed by atoms with Crippen LogP contribution in [-0.4, -0.2) is 33.1 Å². The van der Waals surface area contributed by atoms with Crippen molar-refractivity contribution >= 4 is 54.9 Å². The Morgan fingerprint density at radius 1 is 1.03 bits per heavy atom. The summed E-state index contributed by atoms with van der Waals surface area (Å²) >= 11 is 8.53. The van der Waals surface area contributed by atoms with Gasteiger partial charge in [0.1, 0.15) is 5.75 Å². The number of ether oxygens (including phenoxy) is 1. The van der Waals surface area contributed by atoms with Gasteiger partial charge in [0.2, 0.25) is 10.0 Å². The number of carbonyl (C=O) groups is 1. The highest BCUT2D eigenvalue weighted by Gasteiger charge is 2.16. The van der Waals surface area contributed by atoms with E-state index in [9.17, 15) is 13.2 Å². The van der Waals surface area contributed by atoms with Gasteiger partial charge in [0.15, 0.2) is 5.11 Å². The van der Waals surface area contributed by atoms with Crippen molar-refractivity contribution in [2.24, 2.45) is 0 Å². The quantitative estimate of drug-likeness (QED) is 0.367. The van der Waals surface area contributed by atoms with Crippen LogP contribution in [0.25, 0.3) is 0 Å². The number of methoxy groups -OCH3 is 1. The van der Waals surface area contributed by atoms with Crippen LogP contribution in [0, 0.1) is 0 Å². The molecule has 0 heterocycles. The number of benzene rings is 3. The topological polar surface area (TPSA) is 96.5 Å². The SMILES string of the molecule is COc1ccc(Br)cc1C(=O)NC(=S)Nc1ccc(S(=O)(=O)NCCc2ccccc2)cc1. The lowest BCUT2D eigenvalue weighted by Gasteiger charge is -2.12. The van der Waals surface area contributed by atoms with Crippen LogP contribution >= 0.6 is 28.1 Å². The van der Waals surface area contributed by atoms with Gasteiger partial charge in [0.25, 0.3) is 5.91 Å². The second-order valence-corrected chi connectivity index (χ2v) is 10.0. The molecule has 3 N–H and O–H groups in total. The predicted molar refractivity (Wildman–Crippen MR) is 136 cm³/mol. The van der Waals surface area contributed by atoms with E-state index in [-0.39, 0.29) is 10.0 Å². The maximum Gasteiger partial charge on any atom is 0.261 e. The van der Waals surface area contributed by atoms with Gasteiger partial charge >= 0.3 is 0 Å². The fourth-order valence-corrected chi connectivity index (χ4v) is 4.57. The maximum absolute atomic E-state index is 12.5. The van der Waals surface area contributed by atoms with Crippen LogP contribution in [0.15, 0.2) is 82.2 Å². The molecule has 1 amide bonds. The van der Waals surface area contributed by atoms with E-state index in [1.54, 1.807) is 30.3 Å². The summed E-state index contributed by atoms with van der Waals surface area (Å²) in [7, 11) is -2.17. The summed E-state index contributed by atoms with van der Waals surface area (Å²) in [6.45, 7) is 0.293. The van der Waals surface area contributed by atoms with Crippen LogP contribution in [0.4, 0.5) is 5.69 Å². The van der Waals surface area contributed by atoms with E-state index >= 15 is 0 Å². The lowest BCUT2D eigenvalue weighted by Crippen LogP contribution is -2.34. The summed E-state index contributed by atoms with van der Waals surface area (Å²) in [5.74, 6) is -0.0275. The highest BCUT2D eigenvalue weighted by molar-refractivity contribution is 9.10. The van der Waals surface area contributed by atoms with Gasteiger partial charge in [0, 0.05) is 16.7 Å². The molecular weight excluding hydrogens is 526 g/mol. The van der Waals surface area contributed by atoms with Crippen molar-refractivity contribution in [2.75, 3.05) is 19.0 Å². The third-order valence-electron chi connectivity index (χ3n) is 4.60. The molecule has 172 valence electrons. The molecule has 7 nitrogen and oxygen atoms in total. The first-order valence-electron chi connectivity index (χ1n) is 9.88. The summed E-state index contributed by atoms with van der Waals surface area (Å²) in [6.07, 6.45) is 0.594. The zero-order valence-electron chi connectivity index (χ0n) is 17.7. The van der Waals surface area contributed by atoms with Crippen molar-refractivity contribution in [3.8, 4) is 5.75 Å². The minimum absolute atomic E-state index is 0.0682. The number of nitrogens with one attached hydrogen (secondary N) is 3. The molecule has 0 aliphatic rings. The van der Waals surface area contributed by atoms with Crippen LogP contribution in [-0.2, 0) is 16.4 Å². The van der Waals surface area contributed by atoms with Crippen LogP contribution in [0.1, 0.15) is 15.9 Å². The van der Waals surface area contributed by atoms with Crippen LogP contribution in [0.3, 0.4) is 0 Å². The third-order valence-corrected chi connectivity index (χ3v) is 6.78. The number of rotatable bonds is 8. The average molecular weight is 548 g/mol. The van der Waals surface area contributed by atoms with Gasteiger partial charge in [-0.2, -0.15) is 0 Å². The number of sulfonamides is 1. The Morgan fingerprint density at radius 3 is 2.39 bits per heavy atom. The first-order valence-corrected chi connectivity index (χ1v) is 12.6. The second-order valence-electron chi connectivity index (χ2n) is 6.91. The number of hydrogen-bond acceptors (Lipinski definition) is 5. The zero-order chi connectivity index (χ0) is 23.8. The Balaban J connectivity index is 1.56. The molecule has 0 atom stereocenters. The molecular formula is C23H22BrN3O4S2. The maximum atomic E-state index is 12.5. The van der Waals surface area contributed by atoms with Crippen molar-refractivity contribution < 1.29 is 17.9 Å². The van der Waals surface area contributed by atoms with E-state index in [0.717, 1.165) is 10.0 Å². The second kappa shape index (κ2) is 11.4. The summed E-state index contributed by atoms with van der Waals surface area (Å²) in [4.78, 5) is 12.7. The van der Waals surface area contributed by atoms with E-state index < -0.39 is 15.9 Å². The number of anilines is 1. The Labute approximate surface area is 206 Å². The molecule has 0 bridgehead atoms. The highest BCUT2D eigenvalue weighted by Crippen LogP contribution is 2.23. The van der Waals surface area contributed by atoms with Crippen molar-refractivity contribution in [1.82, 2.24) is 10.0 Å². The molecule has 3 aromatic carbocycles. The Morgan fingerprint density at radius 2 is 1.73 bits per heavy atom. The molecule has 0 unspecified atom stereocenters. The van der Waals surface area contributed by atoms with Gasteiger partial charge in [-0.05, 0) is 66.7 Å².